The Bertz CT molecular complexity index is 538. The van der Waals surface area contributed by atoms with Crippen molar-refractivity contribution in [1.29, 1.82) is 0 Å². The molecule has 0 saturated carbocycles. The van der Waals surface area contributed by atoms with Crippen molar-refractivity contribution >= 4 is 11.9 Å². The lowest BCUT2D eigenvalue weighted by molar-refractivity contribution is -0.149. The van der Waals surface area contributed by atoms with Crippen LogP contribution in [-0.4, -0.2) is 50.2 Å². The molecular weight excluding hydrogens is 298 g/mol. The summed E-state index contributed by atoms with van der Waals surface area (Å²) in [4.78, 5) is 25.4. The second-order valence-electron chi connectivity index (χ2n) is 5.35. The summed E-state index contributed by atoms with van der Waals surface area (Å²) in [6.07, 6.45) is 1.27. The van der Waals surface area contributed by atoms with Crippen LogP contribution in [0, 0.1) is 5.92 Å². The Balaban J connectivity index is 1.83. The molecular formula is C17H23NO5. The topological polar surface area (TPSA) is 65.1 Å². The molecule has 1 aliphatic heterocycles. The standard InChI is InChI=1S/C17H23NO5/c1-3-22-14-6-4-5-7-15(14)23-12-16(19)18-10-8-13(9-11-18)17(20)21-2/h4-7,13H,3,8-12H2,1-2H3. The molecule has 23 heavy (non-hydrogen) atoms. The van der Waals surface area contributed by atoms with E-state index in [0.717, 1.165) is 0 Å². The summed E-state index contributed by atoms with van der Waals surface area (Å²) in [7, 11) is 1.39. The van der Waals surface area contributed by atoms with Gasteiger partial charge in [-0.1, -0.05) is 12.1 Å². The minimum absolute atomic E-state index is 0.0347. The van der Waals surface area contributed by atoms with Crippen molar-refractivity contribution in [3.8, 4) is 11.5 Å². The minimum atomic E-state index is -0.195. The zero-order valence-electron chi connectivity index (χ0n) is 13.6. The molecule has 1 aromatic carbocycles. The number of methoxy groups -OCH3 is 1. The van der Waals surface area contributed by atoms with Crippen LogP contribution in [0.3, 0.4) is 0 Å². The van der Waals surface area contributed by atoms with Crippen LogP contribution >= 0.6 is 0 Å². The highest BCUT2D eigenvalue weighted by atomic mass is 16.5. The summed E-state index contributed by atoms with van der Waals surface area (Å²) in [5, 5.41) is 0. The number of hydrogen-bond donors (Lipinski definition) is 0. The van der Waals surface area contributed by atoms with Gasteiger partial charge in [-0.2, -0.15) is 0 Å². The number of carbonyl (C=O) groups excluding carboxylic acids is 2. The SMILES string of the molecule is CCOc1ccccc1OCC(=O)N1CCC(C(=O)OC)CC1. The maximum absolute atomic E-state index is 12.2. The van der Waals surface area contributed by atoms with Gasteiger partial charge >= 0.3 is 5.97 Å². The van der Waals surface area contributed by atoms with E-state index in [1.54, 1.807) is 11.0 Å². The monoisotopic (exact) mass is 321 g/mol. The van der Waals surface area contributed by atoms with Gasteiger partial charge in [-0.05, 0) is 31.9 Å². The first kappa shape index (κ1) is 17.1. The summed E-state index contributed by atoms with van der Waals surface area (Å²) in [5.41, 5.74) is 0. The molecule has 0 unspecified atom stereocenters. The number of ether oxygens (including phenoxy) is 3. The molecule has 1 aromatic rings. The number of esters is 1. The van der Waals surface area contributed by atoms with E-state index in [9.17, 15) is 9.59 Å². The van der Waals surface area contributed by atoms with Gasteiger partial charge in [0.2, 0.25) is 0 Å². The van der Waals surface area contributed by atoms with E-state index < -0.39 is 0 Å². The number of benzene rings is 1. The van der Waals surface area contributed by atoms with Gasteiger partial charge < -0.3 is 19.1 Å². The predicted molar refractivity (Wildman–Crippen MR) is 84.4 cm³/mol. The maximum atomic E-state index is 12.2. The predicted octanol–water partition coefficient (Wildman–Crippen LogP) is 1.88. The van der Waals surface area contributed by atoms with E-state index in [1.807, 2.05) is 25.1 Å². The van der Waals surface area contributed by atoms with Gasteiger partial charge in [0.05, 0.1) is 19.6 Å². The fourth-order valence-corrected chi connectivity index (χ4v) is 2.61. The molecule has 0 aliphatic carbocycles. The third kappa shape index (κ3) is 4.61. The molecule has 126 valence electrons. The van der Waals surface area contributed by atoms with Crippen LogP contribution in [0.4, 0.5) is 0 Å². The third-order valence-electron chi connectivity index (χ3n) is 3.88. The van der Waals surface area contributed by atoms with Crippen molar-refractivity contribution in [2.24, 2.45) is 5.92 Å². The van der Waals surface area contributed by atoms with Crippen LogP contribution in [-0.2, 0) is 14.3 Å². The highest BCUT2D eigenvalue weighted by molar-refractivity contribution is 5.78. The van der Waals surface area contributed by atoms with Gasteiger partial charge in [-0.25, -0.2) is 0 Å². The van der Waals surface area contributed by atoms with Gasteiger partial charge in [-0.3, -0.25) is 9.59 Å². The second kappa shape index (κ2) is 8.41. The van der Waals surface area contributed by atoms with Crippen LogP contribution in [0.2, 0.25) is 0 Å². The highest BCUT2D eigenvalue weighted by Gasteiger charge is 2.28. The zero-order chi connectivity index (χ0) is 16.7. The van der Waals surface area contributed by atoms with E-state index in [4.69, 9.17) is 14.2 Å². The number of para-hydroxylation sites is 2. The maximum Gasteiger partial charge on any atom is 0.308 e. The number of likely N-dealkylation sites (tertiary alicyclic amines) is 1. The van der Waals surface area contributed by atoms with E-state index in [-0.39, 0.29) is 24.4 Å². The Hall–Kier alpha value is -2.24. The van der Waals surface area contributed by atoms with Gasteiger partial charge in [0, 0.05) is 13.1 Å². The number of carbonyl (C=O) groups is 2. The molecule has 1 aliphatic rings. The van der Waals surface area contributed by atoms with Crippen molar-refractivity contribution in [3.63, 3.8) is 0 Å². The first-order chi connectivity index (χ1) is 11.2. The highest BCUT2D eigenvalue weighted by Crippen LogP contribution is 2.26. The van der Waals surface area contributed by atoms with Crippen molar-refractivity contribution < 1.29 is 23.8 Å². The molecule has 0 atom stereocenters. The molecule has 6 heteroatoms. The molecule has 6 nitrogen and oxygen atoms in total. The lowest BCUT2D eigenvalue weighted by Crippen LogP contribution is -2.42. The summed E-state index contributed by atoms with van der Waals surface area (Å²) in [5.74, 6) is 0.807. The number of piperidine rings is 1. The summed E-state index contributed by atoms with van der Waals surface area (Å²) >= 11 is 0. The van der Waals surface area contributed by atoms with Crippen LogP contribution in [0.15, 0.2) is 24.3 Å². The Labute approximate surface area is 136 Å². The van der Waals surface area contributed by atoms with E-state index >= 15 is 0 Å². The molecule has 1 fully saturated rings. The average molecular weight is 321 g/mol. The van der Waals surface area contributed by atoms with Crippen LogP contribution < -0.4 is 9.47 Å². The number of nitrogens with zero attached hydrogens (tertiary/aromatic N) is 1. The van der Waals surface area contributed by atoms with E-state index in [2.05, 4.69) is 0 Å². The van der Waals surface area contributed by atoms with Gasteiger partial charge in [0.1, 0.15) is 0 Å². The molecule has 0 spiro atoms. The Morgan fingerprint density at radius 1 is 1.13 bits per heavy atom. The lowest BCUT2D eigenvalue weighted by Gasteiger charge is -2.30. The van der Waals surface area contributed by atoms with Crippen LogP contribution in [0.5, 0.6) is 11.5 Å². The van der Waals surface area contributed by atoms with E-state index in [1.165, 1.54) is 7.11 Å². The Kier molecular flexibility index (Phi) is 6.26. The molecule has 0 N–H and O–H groups in total. The number of rotatable bonds is 6. The third-order valence-corrected chi connectivity index (χ3v) is 3.88. The van der Waals surface area contributed by atoms with E-state index in [0.29, 0.717) is 44.0 Å². The summed E-state index contributed by atoms with van der Waals surface area (Å²) < 4.78 is 15.8. The van der Waals surface area contributed by atoms with Crippen LogP contribution in [0.25, 0.3) is 0 Å². The average Bonchev–Trinajstić information content (AvgIpc) is 2.60. The van der Waals surface area contributed by atoms with Crippen molar-refractivity contribution in [1.82, 2.24) is 4.90 Å². The normalized spacial score (nSPS) is 15.1. The molecule has 0 bridgehead atoms. The molecule has 2 rings (SSSR count). The van der Waals surface area contributed by atoms with Crippen molar-refractivity contribution in [3.05, 3.63) is 24.3 Å². The smallest absolute Gasteiger partial charge is 0.308 e. The number of hydrogen-bond acceptors (Lipinski definition) is 5. The quantitative estimate of drug-likeness (QED) is 0.749. The van der Waals surface area contributed by atoms with Gasteiger partial charge in [0.25, 0.3) is 5.91 Å². The fourth-order valence-electron chi connectivity index (χ4n) is 2.61. The summed E-state index contributed by atoms with van der Waals surface area (Å²) in [6, 6.07) is 7.29. The molecule has 0 aromatic heterocycles. The minimum Gasteiger partial charge on any atom is -0.490 e. The van der Waals surface area contributed by atoms with Crippen molar-refractivity contribution in [2.75, 3.05) is 33.4 Å². The molecule has 1 saturated heterocycles. The van der Waals surface area contributed by atoms with Crippen LogP contribution in [0.1, 0.15) is 19.8 Å². The molecule has 1 amide bonds. The fraction of sp³-hybridized carbons (Fsp3) is 0.529. The second-order valence-corrected chi connectivity index (χ2v) is 5.35. The Morgan fingerprint density at radius 3 is 2.30 bits per heavy atom. The lowest BCUT2D eigenvalue weighted by atomic mass is 9.97. The first-order valence-corrected chi connectivity index (χ1v) is 7.86. The molecule has 0 radical (unpaired) electrons. The van der Waals surface area contributed by atoms with Crippen molar-refractivity contribution in [2.45, 2.75) is 19.8 Å². The summed E-state index contributed by atoms with van der Waals surface area (Å²) in [6.45, 7) is 3.50. The van der Waals surface area contributed by atoms with Gasteiger partial charge in [0.15, 0.2) is 18.1 Å². The first-order valence-electron chi connectivity index (χ1n) is 7.86. The number of amides is 1. The Morgan fingerprint density at radius 2 is 1.74 bits per heavy atom. The zero-order valence-corrected chi connectivity index (χ0v) is 13.6. The molecule has 1 heterocycles. The largest absolute Gasteiger partial charge is 0.490 e. The van der Waals surface area contributed by atoms with Gasteiger partial charge in [-0.15, -0.1) is 0 Å².